The van der Waals surface area contributed by atoms with Crippen molar-refractivity contribution in [3.05, 3.63) is 29.6 Å². The number of hydrogen-bond acceptors (Lipinski definition) is 3. The molecule has 3 rings (SSSR count). The SMILES string of the molecule is CCCS(=O)(=O)NC1(c2ccc(F)c(OCC3CC3)c2)CC1. The van der Waals surface area contributed by atoms with Crippen LogP contribution in [0, 0.1) is 11.7 Å². The molecule has 2 aliphatic rings. The van der Waals surface area contributed by atoms with Crippen molar-refractivity contribution in [3.63, 3.8) is 0 Å². The van der Waals surface area contributed by atoms with E-state index >= 15 is 0 Å². The smallest absolute Gasteiger partial charge is 0.212 e. The van der Waals surface area contributed by atoms with Gasteiger partial charge in [0.25, 0.3) is 0 Å². The molecule has 0 bridgehead atoms. The van der Waals surface area contributed by atoms with Crippen LogP contribution in [-0.4, -0.2) is 20.8 Å². The fourth-order valence-corrected chi connectivity index (χ4v) is 4.15. The Hall–Kier alpha value is -1.14. The van der Waals surface area contributed by atoms with Gasteiger partial charge in [-0.3, -0.25) is 0 Å². The standard InChI is InChI=1S/C16H22FNO3S/c1-2-9-22(19,20)18-16(7-8-16)13-5-6-14(17)15(10-13)21-11-12-3-4-12/h5-6,10,12,18H,2-4,7-9,11H2,1H3. The lowest BCUT2D eigenvalue weighted by Crippen LogP contribution is -2.36. The van der Waals surface area contributed by atoms with Gasteiger partial charge >= 0.3 is 0 Å². The molecule has 6 heteroatoms. The van der Waals surface area contributed by atoms with Crippen LogP contribution in [0.3, 0.4) is 0 Å². The molecular weight excluding hydrogens is 305 g/mol. The molecule has 2 fully saturated rings. The summed E-state index contributed by atoms with van der Waals surface area (Å²) in [5.74, 6) is 0.490. The highest BCUT2D eigenvalue weighted by Gasteiger charge is 2.47. The maximum Gasteiger partial charge on any atom is 0.212 e. The Morgan fingerprint density at radius 3 is 2.68 bits per heavy atom. The van der Waals surface area contributed by atoms with Crippen LogP contribution in [0.1, 0.15) is 44.6 Å². The molecule has 122 valence electrons. The second-order valence-electron chi connectivity index (χ2n) is 6.40. The maximum absolute atomic E-state index is 13.8. The van der Waals surface area contributed by atoms with Gasteiger partial charge in [-0.05, 0) is 55.7 Å². The number of hydrogen-bond donors (Lipinski definition) is 1. The molecule has 0 saturated heterocycles. The Kier molecular flexibility index (Phi) is 4.16. The van der Waals surface area contributed by atoms with Crippen LogP contribution in [0.15, 0.2) is 18.2 Å². The van der Waals surface area contributed by atoms with E-state index in [0.29, 0.717) is 18.9 Å². The lowest BCUT2D eigenvalue weighted by Gasteiger charge is -2.19. The molecule has 1 N–H and O–H groups in total. The topological polar surface area (TPSA) is 55.4 Å². The molecule has 2 saturated carbocycles. The van der Waals surface area contributed by atoms with E-state index in [1.165, 1.54) is 6.07 Å². The van der Waals surface area contributed by atoms with E-state index in [4.69, 9.17) is 4.74 Å². The zero-order chi connectivity index (χ0) is 15.8. The van der Waals surface area contributed by atoms with Crippen LogP contribution in [0.4, 0.5) is 4.39 Å². The monoisotopic (exact) mass is 327 g/mol. The molecule has 0 heterocycles. The first-order valence-corrected chi connectivity index (χ1v) is 9.54. The zero-order valence-corrected chi connectivity index (χ0v) is 13.6. The first kappa shape index (κ1) is 15.7. The molecule has 2 aliphatic carbocycles. The molecule has 0 amide bonds. The molecule has 0 radical (unpaired) electrons. The van der Waals surface area contributed by atoms with E-state index in [1.54, 1.807) is 12.1 Å². The predicted octanol–water partition coefficient (Wildman–Crippen LogP) is 2.93. The minimum Gasteiger partial charge on any atom is -0.490 e. The average Bonchev–Trinajstić information content (AvgIpc) is 3.33. The van der Waals surface area contributed by atoms with Crippen molar-refractivity contribution in [2.24, 2.45) is 5.92 Å². The molecule has 4 nitrogen and oxygen atoms in total. The number of ether oxygens (including phenoxy) is 1. The highest BCUT2D eigenvalue weighted by atomic mass is 32.2. The Morgan fingerprint density at radius 1 is 1.36 bits per heavy atom. The molecule has 0 unspecified atom stereocenters. The van der Waals surface area contributed by atoms with Gasteiger partial charge in [0, 0.05) is 0 Å². The van der Waals surface area contributed by atoms with Gasteiger partial charge in [0.05, 0.1) is 17.9 Å². The summed E-state index contributed by atoms with van der Waals surface area (Å²) in [7, 11) is -3.30. The zero-order valence-electron chi connectivity index (χ0n) is 12.8. The summed E-state index contributed by atoms with van der Waals surface area (Å²) >= 11 is 0. The van der Waals surface area contributed by atoms with Gasteiger partial charge in [-0.2, -0.15) is 0 Å². The summed E-state index contributed by atoms with van der Waals surface area (Å²) < 4.78 is 46.2. The molecule has 0 aromatic heterocycles. The lowest BCUT2D eigenvalue weighted by molar-refractivity contribution is 0.284. The number of halogens is 1. The number of sulfonamides is 1. The van der Waals surface area contributed by atoms with Crippen molar-refractivity contribution >= 4 is 10.0 Å². The normalized spacial score (nSPS) is 19.9. The molecule has 1 aromatic carbocycles. The number of nitrogens with one attached hydrogen (secondary N) is 1. The van der Waals surface area contributed by atoms with Gasteiger partial charge in [0.15, 0.2) is 11.6 Å². The van der Waals surface area contributed by atoms with Gasteiger partial charge in [0.1, 0.15) is 0 Å². The second-order valence-corrected chi connectivity index (χ2v) is 8.24. The van der Waals surface area contributed by atoms with Crippen molar-refractivity contribution in [2.75, 3.05) is 12.4 Å². The van der Waals surface area contributed by atoms with E-state index in [2.05, 4.69) is 4.72 Å². The van der Waals surface area contributed by atoms with E-state index in [9.17, 15) is 12.8 Å². The molecule has 22 heavy (non-hydrogen) atoms. The molecule has 1 aromatic rings. The summed E-state index contributed by atoms with van der Waals surface area (Å²) in [4.78, 5) is 0. The molecule has 0 atom stereocenters. The first-order valence-electron chi connectivity index (χ1n) is 7.88. The Labute approximate surface area is 131 Å². The summed E-state index contributed by atoms with van der Waals surface area (Å²) in [5, 5.41) is 0. The van der Waals surface area contributed by atoms with E-state index in [0.717, 1.165) is 31.2 Å². The van der Waals surface area contributed by atoms with Crippen molar-refractivity contribution < 1.29 is 17.5 Å². The van der Waals surface area contributed by atoms with Gasteiger partial charge < -0.3 is 4.74 Å². The van der Waals surface area contributed by atoms with E-state index in [1.807, 2.05) is 6.92 Å². The predicted molar refractivity (Wildman–Crippen MR) is 82.7 cm³/mol. The highest BCUT2D eigenvalue weighted by Crippen LogP contribution is 2.47. The molecular formula is C16H22FNO3S. The number of rotatable bonds is 8. The van der Waals surface area contributed by atoms with Crippen LogP contribution in [-0.2, 0) is 15.6 Å². The van der Waals surface area contributed by atoms with Crippen molar-refractivity contribution in [2.45, 2.75) is 44.6 Å². The first-order chi connectivity index (χ1) is 10.4. The van der Waals surface area contributed by atoms with Crippen LogP contribution >= 0.6 is 0 Å². The molecule has 0 aliphatic heterocycles. The quantitative estimate of drug-likeness (QED) is 0.799. The minimum absolute atomic E-state index is 0.112. The summed E-state index contributed by atoms with van der Waals surface area (Å²) in [5.41, 5.74) is 0.221. The van der Waals surface area contributed by atoms with Crippen LogP contribution in [0.25, 0.3) is 0 Å². The van der Waals surface area contributed by atoms with Crippen molar-refractivity contribution in [1.29, 1.82) is 0 Å². The van der Waals surface area contributed by atoms with Gasteiger partial charge in [-0.25, -0.2) is 17.5 Å². The highest BCUT2D eigenvalue weighted by molar-refractivity contribution is 7.89. The van der Waals surface area contributed by atoms with Crippen LogP contribution < -0.4 is 9.46 Å². The average molecular weight is 327 g/mol. The Balaban J connectivity index is 1.77. The van der Waals surface area contributed by atoms with Crippen molar-refractivity contribution in [3.8, 4) is 5.75 Å². The number of benzene rings is 1. The molecule has 0 spiro atoms. The van der Waals surface area contributed by atoms with Gasteiger partial charge in [-0.1, -0.05) is 13.0 Å². The summed E-state index contributed by atoms with van der Waals surface area (Å²) in [6, 6.07) is 4.67. The third-order valence-electron chi connectivity index (χ3n) is 4.23. The summed E-state index contributed by atoms with van der Waals surface area (Å²) in [6.07, 6.45) is 4.34. The van der Waals surface area contributed by atoms with Gasteiger partial charge in [-0.15, -0.1) is 0 Å². The fraction of sp³-hybridized carbons (Fsp3) is 0.625. The second kappa shape index (κ2) is 5.81. The maximum atomic E-state index is 13.8. The van der Waals surface area contributed by atoms with Crippen LogP contribution in [0.5, 0.6) is 5.75 Å². The summed E-state index contributed by atoms with van der Waals surface area (Å²) in [6.45, 7) is 2.37. The van der Waals surface area contributed by atoms with E-state index < -0.39 is 21.4 Å². The van der Waals surface area contributed by atoms with E-state index in [-0.39, 0.29) is 11.5 Å². The lowest BCUT2D eigenvalue weighted by atomic mass is 10.1. The fourth-order valence-electron chi connectivity index (χ4n) is 2.60. The Bertz CT molecular complexity index is 651. The third kappa shape index (κ3) is 3.60. The van der Waals surface area contributed by atoms with Crippen LogP contribution in [0.2, 0.25) is 0 Å². The van der Waals surface area contributed by atoms with Gasteiger partial charge in [0.2, 0.25) is 10.0 Å². The largest absolute Gasteiger partial charge is 0.490 e. The minimum atomic E-state index is -3.30. The Morgan fingerprint density at radius 2 is 2.09 bits per heavy atom. The third-order valence-corrected chi connectivity index (χ3v) is 5.88. The van der Waals surface area contributed by atoms with Crippen molar-refractivity contribution in [1.82, 2.24) is 4.72 Å².